The van der Waals surface area contributed by atoms with E-state index in [4.69, 9.17) is 10.6 Å². The summed E-state index contributed by atoms with van der Waals surface area (Å²) in [6.45, 7) is 3.62. The lowest BCUT2D eigenvalue weighted by atomic mass is 10.1. The lowest BCUT2D eigenvalue weighted by Crippen LogP contribution is -2.49. The van der Waals surface area contributed by atoms with Gasteiger partial charge in [-0.1, -0.05) is 23.9 Å². The summed E-state index contributed by atoms with van der Waals surface area (Å²) >= 11 is 1.18. The van der Waals surface area contributed by atoms with Crippen LogP contribution in [-0.2, 0) is 9.53 Å². The van der Waals surface area contributed by atoms with Gasteiger partial charge in [0.2, 0.25) is 5.16 Å². The average Bonchev–Trinajstić information content (AvgIpc) is 3.00. The Bertz CT molecular complexity index is 945. The first-order valence-electron chi connectivity index (χ1n) is 8.47. The molecular formula is C17H19FN6O3S. The highest BCUT2D eigenvalue weighted by atomic mass is 32.2. The second-order valence-corrected chi connectivity index (χ2v) is 6.85. The summed E-state index contributed by atoms with van der Waals surface area (Å²) in [7, 11) is 0. The van der Waals surface area contributed by atoms with Crippen LogP contribution in [0.4, 0.5) is 9.18 Å². The lowest BCUT2D eigenvalue weighted by Gasteiger charge is -2.26. The maximum absolute atomic E-state index is 13.4. The van der Waals surface area contributed by atoms with Gasteiger partial charge >= 0.3 is 12.0 Å². The molecule has 11 heteroatoms. The van der Waals surface area contributed by atoms with E-state index in [1.165, 1.54) is 28.6 Å². The van der Waals surface area contributed by atoms with E-state index < -0.39 is 23.9 Å². The van der Waals surface area contributed by atoms with Gasteiger partial charge in [0.05, 0.1) is 18.2 Å². The summed E-state index contributed by atoms with van der Waals surface area (Å²) in [6, 6.07) is 4.93. The number of hydrogen-bond acceptors (Lipinski definition) is 7. The van der Waals surface area contributed by atoms with Crippen molar-refractivity contribution < 1.29 is 18.7 Å². The summed E-state index contributed by atoms with van der Waals surface area (Å²) in [5.74, 6) is 5.63. The van der Waals surface area contributed by atoms with E-state index >= 15 is 0 Å². The Hall–Kier alpha value is -3.08. The summed E-state index contributed by atoms with van der Waals surface area (Å²) in [5.41, 5.74) is 1.23. The Labute approximate surface area is 164 Å². The molecule has 1 atom stereocenters. The van der Waals surface area contributed by atoms with Crippen molar-refractivity contribution in [1.82, 2.24) is 25.5 Å². The Kier molecular flexibility index (Phi) is 5.83. The molecule has 4 N–H and O–H groups in total. The van der Waals surface area contributed by atoms with Crippen molar-refractivity contribution in [3.63, 3.8) is 0 Å². The van der Waals surface area contributed by atoms with Gasteiger partial charge in [-0.25, -0.2) is 18.7 Å². The van der Waals surface area contributed by atoms with Crippen LogP contribution in [-0.4, -0.2) is 45.3 Å². The number of thioether (sulfide) groups is 1. The van der Waals surface area contributed by atoms with Crippen LogP contribution in [0.25, 0.3) is 11.4 Å². The number of nitrogens with zero attached hydrogens (tertiary/aromatic N) is 3. The predicted octanol–water partition coefficient (Wildman–Crippen LogP) is 1.41. The number of nitrogens with one attached hydrogen (secondary N) is 2. The average molecular weight is 406 g/mol. The second kappa shape index (κ2) is 8.30. The van der Waals surface area contributed by atoms with Crippen molar-refractivity contribution in [2.24, 2.45) is 0 Å². The first kappa shape index (κ1) is 19.7. The van der Waals surface area contributed by atoms with Gasteiger partial charge in [0.15, 0.2) is 5.82 Å². The molecule has 1 aromatic carbocycles. The van der Waals surface area contributed by atoms with Crippen molar-refractivity contribution in [1.29, 1.82) is 0 Å². The number of carbonyl (C=O) groups is 2. The molecule has 3 rings (SSSR count). The van der Waals surface area contributed by atoms with Crippen LogP contribution in [0.3, 0.4) is 0 Å². The van der Waals surface area contributed by atoms with Gasteiger partial charge in [-0.3, -0.25) is 0 Å². The minimum Gasteiger partial charge on any atom is -0.463 e. The second-order valence-electron chi connectivity index (χ2n) is 5.91. The minimum absolute atomic E-state index is 0.213. The number of nitrogens with two attached hydrogens (primary N) is 1. The number of nitrogen functional groups attached to an aromatic ring is 1. The molecule has 0 radical (unpaired) electrons. The summed E-state index contributed by atoms with van der Waals surface area (Å²) < 4.78 is 19.7. The molecule has 0 spiro atoms. The highest BCUT2D eigenvalue weighted by Crippen LogP contribution is 2.25. The highest BCUT2D eigenvalue weighted by Gasteiger charge is 2.30. The summed E-state index contributed by atoms with van der Waals surface area (Å²) in [6.07, 6.45) is 0. The lowest BCUT2D eigenvalue weighted by molar-refractivity contribution is -0.138. The first-order valence-corrected chi connectivity index (χ1v) is 9.46. The fraction of sp³-hybridized carbons (Fsp3) is 0.294. The number of aromatic nitrogens is 3. The highest BCUT2D eigenvalue weighted by molar-refractivity contribution is 7.99. The summed E-state index contributed by atoms with van der Waals surface area (Å²) in [5, 5.41) is 13.6. The van der Waals surface area contributed by atoms with E-state index in [2.05, 4.69) is 20.8 Å². The van der Waals surface area contributed by atoms with Crippen LogP contribution in [0.1, 0.15) is 13.8 Å². The number of benzene rings is 1. The molecular weight excluding hydrogens is 387 g/mol. The molecule has 2 aromatic rings. The van der Waals surface area contributed by atoms with Crippen LogP contribution in [0.15, 0.2) is 40.7 Å². The number of hydrogen-bond donors (Lipinski definition) is 3. The smallest absolute Gasteiger partial charge is 0.337 e. The van der Waals surface area contributed by atoms with Gasteiger partial charge in [0.1, 0.15) is 5.82 Å². The predicted molar refractivity (Wildman–Crippen MR) is 101 cm³/mol. The van der Waals surface area contributed by atoms with E-state index in [1.807, 2.05) is 0 Å². The number of carbonyl (C=O) groups excluding carboxylic acids is 2. The standard InChI is InChI=1S/C17H19FN6O3S/c1-3-27-15(25)13-9(2)20-16(26)21-12(13)8-28-17-23-22-14(24(17)19)10-5-4-6-11(18)7-10/h4-7,9H,3,8,19H2,1-2H3,(H2,20,21,26)/t9-/m1/s1. The van der Waals surface area contributed by atoms with Gasteiger partial charge in [-0.2, -0.15) is 0 Å². The molecule has 1 aromatic heterocycles. The number of esters is 1. The van der Waals surface area contributed by atoms with Crippen LogP contribution in [0.5, 0.6) is 0 Å². The number of ether oxygens (including phenoxy) is 1. The van der Waals surface area contributed by atoms with Crippen molar-refractivity contribution >= 4 is 23.8 Å². The maximum Gasteiger partial charge on any atom is 0.337 e. The summed E-state index contributed by atoms with van der Waals surface area (Å²) in [4.78, 5) is 24.0. The quantitative estimate of drug-likeness (QED) is 0.376. The van der Waals surface area contributed by atoms with Crippen LogP contribution in [0, 0.1) is 5.82 Å². The zero-order chi connectivity index (χ0) is 20.3. The molecule has 0 saturated heterocycles. The SMILES string of the molecule is CCOC(=O)C1=C(CSc2nnc(-c3cccc(F)c3)n2N)NC(=O)N[C@@H]1C. The number of amides is 2. The third kappa shape index (κ3) is 4.09. The molecule has 0 fully saturated rings. The van der Waals surface area contributed by atoms with Gasteiger partial charge in [-0.15, -0.1) is 10.2 Å². The van der Waals surface area contributed by atoms with E-state index in [0.29, 0.717) is 27.8 Å². The molecule has 1 aliphatic heterocycles. The Balaban J connectivity index is 1.83. The molecule has 148 valence electrons. The molecule has 2 heterocycles. The number of halogens is 1. The van der Waals surface area contributed by atoms with Crippen molar-refractivity contribution in [2.75, 3.05) is 18.2 Å². The Morgan fingerprint density at radius 2 is 2.21 bits per heavy atom. The Morgan fingerprint density at radius 1 is 1.43 bits per heavy atom. The zero-order valence-electron chi connectivity index (χ0n) is 15.2. The van der Waals surface area contributed by atoms with Crippen molar-refractivity contribution in [3.8, 4) is 11.4 Å². The van der Waals surface area contributed by atoms with Crippen molar-refractivity contribution in [3.05, 3.63) is 41.4 Å². The largest absolute Gasteiger partial charge is 0.463 e. The first-order chi connectivity index (χ1) is 13.4. The third-order valence-electron chi connectivity index (χ3n) is 3.96. The topological polar surface area (TPSA) is 124 Å². The van der Waals surface area contributed by atoms with Crippen molar-refractivity contribution in [2.45, 2.75) is 25.0 Å². The minimum atomic E-state index is -0.507. The van der Waals surface area contributed by atoms with E-state index in [-0.39, 0.29) is 12.4 Å². The molecule has 0 aliphatic carbocycles. The van der Waals surface area contributed by atoms with Gasteiger partial charge in [-0.05, 0) is 26.0 Å². The monoisotopic (exact) mass is 406 g/mol. The van der Waals surface area contributed by atoms with Gasteiger partial charge in [0, 0.05) is 17.0 Å². The maximum atomic E-state index is 13.4. The molecule has 0 saturated carbocycles. The molecule has 9 nitrogen and oxygen atoms in total. The number of rotatable bonds is 6. The zero-order valence-corrected chi connectivity index (χ0v) is 16.0. The van der Waals surface area contributed by atoms with Gasteiger partial charge in [0.25, 0.3) is 0 Å². The Morgan fingerprint density at radius 3 is 2.93 bits per heavy atom. The normalized spacial score (nSPS) is 16.5. The molecule has 0 unspecified atom stereocenters. The molecule has 0 bridgehead atoms. The molecule has 28 heavy (non-hydrogen) atoms. The fourth-order valence-electron chi connectivity index (χ4n) is 2.73. The third-order valence-corrected chi connectivity index (χ3v) is 4.93. The number of urea groups is 1. The van der Waals surface area contributed by atoms with E-state index in [1.54, 1.807) is 26.0 Å². The van der Waals surface area contributed by atoms with Crippen LogP contribution >= 0.6 is 11.8 Å². The fourth-order valence-corrected chi connectivity index (χ4v) is 3.56. The van der Waals surface area contributed by atoms with Gasteiger partial charge < -0.3 is 21.2 Å². The van der Waals surface area contributed by atoms with E-state index in [0.717, 1.165) is 0 Å². The molecule has 2 amide bonds. The van der Waals surface area contributed by atoms with Crippen LogP contribution in [0.2, 0.25) is 0 Å². The van der Waals surface area contributed by atoms with Crippen LogP contribution < -0.4 is 16.5 Å². The van der Waals surface area contributed by atoms with E-state index in [9.17, 15) is 14.0 Å². The molecule has 1 aliphatic rings.